The summed E-state index contributed by atoms with van der Waals surface area (Å²) < 4.78 is 1.51. The molecule has 0 aliphatic rings. The molecule has 0 unspecified atom stereocenters. The monoisotopic (exact) mass is 342 g/mol. The molecule has 0 atom stereocenters. The van der Waals surface area contributed by atoms with Crippen LogP contribution in [0.3, 0.4) is 0 Å². The Kier molecular flexibility index (Phi) is 4.49. The quantitative estimate of drug-likeness (QED) is 0.767. The van der Waals surface area contributed by atoms with Crippen LogP contribution in [-0.4, -0.2) is 20.6 Å². The first-order valence-electron chi connectivity index (χ1n) is 7.78. The van der Waals surface area contributed by atoms with Gasteiger partial charge in [-0.15, -0.1) is 11.3 Å². The Labute approximate surface area is 143 Å². The number of thiophene rings is 1. The molecule has 5 nitrogen and oxygen atoms in total. The number of hydrogen-bond acceptors (Lipinski definition) is 4. The fraction of sp³-hybridized carbons (Fsp3) is 0.278. The lowest BCUT2D eigenvalue weighted by molar-refractivity contribution is -0.137. The number of carboxylic acid groups (broad SMARTS) is 1. The van der Waals surface area contributed by atoms with Crippen molar-refractivity contribution in [2.75, 3.05) is 0 Å². The van der Waals surface area contributed by atoms with Crippen LogP contribution in [0.4, 0.5) is 0 Å². The molecule has 1 aromatic carbocycles. The molecular formula is C18H18N2O3S. The summed E-state index contributed by atoms with van der Waals surface area (Å²) >= 11 is 1.45. The summed E-state index contributed by atoms with van der Waals surface area (Å²) in [5, 5.41) is 11.5. The molecule has 0 saturated heterocycles. The zero-order valence-electron chi connectivity index (χ0n) is 13.5. The maximum Gasteiger partial charge on any atom is 0.305 e. The smallest absolute Gasteiger partial charge is 0.305 e. The normalized spacial score (nSPS) is 11.3. The van der Waals surface area contributed by atoms with E-state index in [2.05, 4.69) is 4.98 Å². The van der Waals surface area contributed by atoms with E-state index in [0.717, 1.165) is 11.1 Å². The van der Waals surface area contributed by atoms with E-state index < -0.39 is 5.97 Å². The molecular weight excluding hydrogens is 324 g/mol. The number of nitrogens with zero attached hydrogens (tertiary/aromatic N) is 2. The van der Waals surface area contributed by atoms with Crippen LogP contribution in [-0.2, 0) is 11.3 Å². The average Bonchev–Trinajstić information content (AvgIpc) is 2.98. The van der Waals surface area contributed by atoms with E-state index in [9.17, 15) is 9.59 Å². The lowest BCUT2D eigenvalue weighted by atomic mass is 10.1. The van der Waals surface area contributed by atoms with E-state index >= 15 is 0 Å². The summed E-state index contributed by atoms with van der Waals surface area (Å²) in [6.45, 7) is 4.04. The van der Waals surface area contributed by atoms with Crippen LogP contribution in [0, 0.1) is 0 Å². The van der Waals surface area contributed by atoms with Crippen LogP contribution >= 0.6 is 11.3 Å². The predicted octanol–water partition coefficient (Wildman–Crippen LogP) is 3.72. The Hall–Kier alpha value is -2.47. The van der Waals surface area contributed by atoms with Crippen molar-refractivity contribution >= 4 is 27.5 Å². The number of rotatable bonds is 5. The van der Waals surface area contributed by atoms with Crippen molar-refractivity contribution < 1.29 is 9.90 Å². The highest BCUT2D eigenvalue weighted by molar-refractivity contribution is 7.17. The third-order valence-corrected chi connectivity index (χ3v) is 4.75. The van der Waals surface area contributed by atoms with Crippen molar-refractivity contribution in [2.24, 2.45) is 0 Å². The fourth-order valence-electron chi connectivity index (χ4n) is 2.73. The highest BCUT2D eigenvalue weighted by Gasteiger charge is 2.18. The summed E-state index contributed by atoms with van der Waals surface area (Å²) in [7, 11) is 0. The number of hydrogen-bond donors (Lipinski definition) is 1. The Morgan fingerprint density at radius 1 is 1.29 bits per heavy atom. The van der Waals surface area contributed by atoms with Gasteiger partial charge in [-0.2, -0.15) is 0 Å². The van der Waals surface area contributed by atoms with Gasteiger partial charge in [-0.1, -0.05) is 44.2 Å². The van der Waals surface area contributed by atoms with Crippen molar-refractivity contribution in [3.63, 3.8) is 0 Å². The van der Waals surface area contributed by atoms with Crippen LogP contribution < -0.4 is 5.56 Å². The summed E-state index contributed by atoms with van der Waals surface area (Å²) in [6.07, 6.45) is -0.0996. The van der Waals surface area contributed by atoms with Crippen molar-refractivity contribution in [1.82, 2.24) is 9.55 Å². The van der Waals surface area contributed by atoms with Crippen LogP contribution in [0.2, 0.25) is 0 Å². The molecule has 0 aliphatic carbocycles. The molecule has 0 spiro atoms. The lowest BCUT2D eigenvalue weighted by Crippen LogP contribution is -2.27. The first-order chi connectivity index (χ1) is 11.5. The molecule has 3 aromatic rings. The standard InChI is InChI=1S/C18H18N2O3S/c1-11(2)16-19-17-15(18(23)20(16)9-8-14(21)22)13(10-24-17)12-6-4-3-5-7-12/h3-7,10-11H,8-9H2,1-2H3,(H,21,22). The van der Waals surface area contributed by atoms with Crippen LogP contribution in [0.5, 0.6) is 0 Å². The molecule has 24 heavy (non-hydrogen) atoms. The molecule has 0 fully saturated rings. The molecule has 6 heteroatoms. The topological polar surface area (TPSA) is 72.2 Å². The van der Waals surface area contributed by atoms with E-state index in [4.69, 9.17) is 5.11 Å². The maximum absolute atomic E-state index is 13.1. The van der Waals surface area contributed by atoms with Crippen LogP contribution in [0.1, 0.15) is 32.0 Å². The van der Waals surface area contributed by atoms with Crippen LogP contribution in [0.25, 0.3) is 21.3 Å². The van der Waals surface area contributed by atoms with E-state index in [1.54, 1.807) is 0 Å². The van der Waals surface area contributed by atoms with Crippen molar-refractivity contribution in [3.05, 3.63) is 51.9 Å². The molecule has 2 aromatic heterocycles. The second-order valence-corrected chi connectivity index (χ2v) is 6.78. The maximum atomic E-state index is 13.1. The van der Waals surface area contributed by atoms with E-state index in [1.165, 1.54) is 15.9 Å². The minimum Gasteiger partial charge on any atom is -0.481 e. The Bertz CT molecular complexity index is 942. The molecule has 0 aliphatic heterocycles. The van der Waals surface area contributed by atoms with Gasteiger partial charge in [0, 0.05) is 23.4 Å². The molecule has 0 saturated carbocycles. The highest BCUT2D eigenvalue weighted by Crippen LogP contribution is 2.31. The zero-order valence-corrected chi connectivity index (χ0v) is 14.3. The summed E-state index contributed by atoms with van der Waals surface area (Å²) in [4.78, 5) is 29.3. The largest absolute Gasteiger partial charge is 0.481 e. The van der Waals surface area contributed by atoms with Gasteiger partial charge in [-0.05, 0) is 5.56 Å². The number of fused-ring (bicyclic) bond motifs is 1. The number of aliphatic carboxylic acids is 1. The molecule has 1 N–H and O–H groups in total. The van der Waals surface area contributed by atoms with Gasteiger partial charge in [-0.3, -0.25) is 14.2 Å². The summed E-state index contributed by atoms with van der Waals surface area (Å²) in [5.41, 5.74) is 1.65. The SMILES string of the molecule is CC(C)c1nc2scc(-c3ccccc3)c2c(=O)n1CCC(=O)O. The molecule has 0 bridgehead atoms. The molecule has 3 rings (SSSR count). The van der Waals surface area contributed by atoms with Gasteiger partial charge in [0.25, 0.3) is 5.56 Å². The first-order valence-corrected chi connectivity index (χ1v) is 8.66. The first kappa shape index (κ1) is 16.4. The number of benzene rings is 1. The third kappa shape index (κ3) is 2.97. The summed E-state index contributed by atoms with van der Waals surface area (Å²) in [6, 6.07) is 9.70. The predicted molar refractivity (Wildman–Crippen MR) is 95.7 cm³/mol. The van der Waals surface area contributed by atoms with Gasteiger partial charge in [0.1, 0.15) is 10.7 Å². The second-order valence-electron chi connectivity index (χ2n) is 5.92. The number of carboxylic acids is 1. The Morgan fingerprint density at radius 3 is 2.62 bits per heavy atom. The van der Waals surface area contributed by atoms with E-state index in [0.29, 0.717) is 16.0 Å². The van der Waals surface area contributed by atoms with Gasteiger partial charge in [0.2, 0.25) is 0 Å². The van der Waals surface area contributed by atoms with Crippen LogP contribution in [0.15, 0.2) is 40.5 Å². The van der Waals surface area contributed by atoms with Crippen molar-refractivity contribution in [2.45, 2.75) is 32.7 Å². The van der Waals surface area contributed by atoms with Crippen molar-refractivity contribution in [1.29, 1.82) is 0 Å². The van der Waals surface area contributed by atoms with Crippen molar-refractivity contribution in [3.8, 4) is 11.1 Å². The van der Waals surface area contributed by atoms with Gasteiger partial charge < -0.3 is 5.11 Å². The number of carbonyl (C=O) groups is 1. The van der Waals surface area contributed by atoms with E-state index in [1.807, 2.05) is 49.6 Å². The Balaban J connectivity index is 2.24. The molecule has 2 heterocycles. The minimum absolute atomic E-state index is 0.0400. The Morgan fingerprint density at radius 2 is 2.00 bits per heavy atom. The number of aromatic nitrogens is 2. The van der Waals surface area contributed by atoms with E-state index in [-0.39, 0.29) is 24.4 Å². The summed E-state index contributed by atoms with van der Waals surface area (Å²) in [5.74, 6) is -0.251. The zero-order chi connectivity index (χ0) is 17.3. The third-order valence-electron chi connectivity index (χ3n) is 3.87. The highest BCUT2D eigenvalue weighted by atomic mass is 32.1. The van der Waals surface area contributed by atoms with Gasteiger partial charge in [0.15, 0.2) is 0 Å². The van der Waals surface area contributed by atoms with Gasteiger partial charge >= 0.3 is 5.97 Å². The minimum atomic E-state index is -0.926. The fourth-order valence-corrected chi connectivity index (χ4v) is 3.68. The lowest BCUT2D eigenvalue weighted by Gasteiger charge is -2.14. The van der Waals surface area contributed by atoms with Gasteiger partial charge in [-0.25, -0.2) is 4.98 Å². The van der Waals surface area contributed by atoms with Gasteiger partial charge in [0.05, 0.1) is 11.8 Å². The second kappa shape index (κ2) is 6.57. The average molecular weight is 342 g/mol. The molecule has 124 valence electrons. The molecule has 0 radical (unpaired) electrons. The molecule has 0 amide bonds.